The predicted molar refractivity (Wildman–Crippen MR) is 107 cm³/mol. The largest absolute Gasteiger partial charge is 0.301 e. The SMILES string of the molecule is Cc1cccn2c(C3CC(c4cccs4)=NN3)c(-c3ccccc3)nc12. The first-order valence-electron chi connectivity index (χ1n) is 8.70. The third-order valence-electron chi connectivity index (χ3n) is 4.82. The number of imidazole rings is 1. The van der Waals surface area contributed by atoms with Gasteiger partial charge in [0.05, 0.1) is 28.0 Å². The average Bonchev–Trinajstić information content (AvgIpc) is 3.41. The third kappa shape index (κ3) is 2.44. The van der Waals surface area contributed by atoms with Crippen LogP contribution in [0.15, 0.2) is 71.3 Å². The Labute approximate surface area is 155 Å². The van der Waals surface area contributed by atoms with Crippen LogP contribution < -0.4 is 5.43 Å². The van der Waals surface area contributed by atoms with Gasteiger partial charge in [-0.2, -0.15) is 5.10 Å². The Balaban J connectivity index is 1.64. The summed E-state index contributed by atoms with van der Waals surface area (Å²) in [5.41, 5.74) is 9.99. The lowest BCUT2D eigenvalue weighted by Gasteiger charge is -2.13. The smallest absolute Gasteiger partial charge is 0.140 e. The van der Waals surface area contributed by atoms with E-state index in [9.17, 15) is 0 Å². The number of nitrogens with zero attached hydrogens (tertiary/aromatic N) is 3. The Morgan fingerprint density at radius 1 is 1.08 bits per heavy atom. The molecule has 0 bridgehead atoms. The summed E-state index contributed by atoms with van der Waals surface area (Å²) in [5, 5.41) is 6.71. The average molecular weight is 358 g/mol. The van der Waals surface area contributed by atoms with E-state index in [1.165, 1.54) is 16.1 Å². The van der Waals surface area contributed by atoms with Crippen LogP contribution in [0.25, 0.3) is 16.9 Å². The number of pyridine rings is 1. The van der Waals surface area contributed by atoms with Crippen molar-refractivity contribution in [3.63, 3.8) is 0 Å². The van der Waals surface area contributed by atoms with Crippen molar-refractivity contribution in [1.29, 1.82) is 0 Å². The molecule has 5 rings (SSSR count). The zero-order valence-corrected chi connectivity index (χ0v) is 15.2. The molecular formula is C21H18N4S. The number of aromatic nitrogens is 2. The molecule has 0 radical (unpaired) electrons. The normalized spacial score (nSPS) is 16.7. The fourth-order valence-electron chi connectivity index (χ4n) is 3.56. The molecule has 4 heterocycles. The van der Waals surface area contributed by atoms with Crippen molar-refractivity contribution in [2.45, 2.75) is 19.4 Å². The molecule has 26 heavy (non-hydrogen) atoms. The highest BCUT2D eigenvalue weighted by atomic mass is 32.1. The van der Waals surface area contributed by atoms with Crippen LogP contribution in [0.3, 0.4) is 0 Å². The lowest BCUT2D eigenvalue weighted by Crippen LogP contribution is -2.13. The van der Waals surface area contributed by atoms with Crippen LogP contribution in [0.1, 0.15) is 28.6 Å². The van der Waals surface area contributed by atoms with Gasteiger partial charge in [-0.3, -0.25) is 0 Å². The first-order valence-corrected chi connectivity index (χ1v) is 9.58. The van der Waals surface area contributed by atoms with Crippen LogP contribution in [0, 0.1) is 6.92 Å². The maximum atomic E-state index is 4.99. The minimum Gasteiger partial charge on any atom is -0.301 e. The van der Waals surface area contributed by atoms with Crippen molar-refractivity contribution in [3.8, 4) is 11.3 Å². The Hall–Kier alpha value is -2.92. The van der Waals surface area contributed by atoms with Crippen LogP contribution in [0.5, 0.6) is 0 Å². The van der Waals surface area contributed by atoms with Gasteiger partial charge in [0.25, 0.3) is 0 Å². The highest BCUT2D eigenvalue weighted by molar-refractivity contribution is 7.12. The molecule has 0 fully saturated rings. The second kappa shape index (κ2) is 6.11. The van der Waals surface area contributed by atoms with Crippen molar-refractivity contribution in [2.24, 2.45) is 5.10 Å². The molecule has 0 saturated heterocycles. The molecule has 4 nitrogen and oxygen atoms in total. The number of hydrazone groups is 1. The van der Waals surface area contributed by atoms with Crippen molar-refractivity contribution in [3.05, 3.63) is 82.3 Å². The highest BCUT2D eigenvalue weighted by Crippen LogP contribution is 2.34. The molecule has 0 spiro atoms. The Kier molecular flexibility index (Phi) is 3.60. The molecule has 1 atom stereocenters. The van der Waals surface area contributed by atoms with Gasteiger partial charge in [-0.25, -0.2) is 4.98 Å². The summed E-state index contributed by atoms with van der Waals surface area (Å²) < 4.78 is 2.21. The number of thiophene rings is 1. The van der Waals surface area contributed by atoms with E-state index in [0.717, 1.165) is 29.0 Å². The number of hydrogen-bond donors (Lipinski definition) is 1. The number of aryl methyl sites for hydroxylation is 1. The second-order valence-electron chi connectivity index (χ2n) is 6.52. The third-order valence-corrected chi connectivity index (χ3v) is 5.74. The van der Waals surface area contributed by atoms with Gasteiger partial charge < -0.3 is 9.83 Å². The first kappa shape index (κ1) is 15.3. The van der Waals surface area contributed by atoms with Crippen molar-refractivity contribution < 1.29 is 0 Å². The quantitative estimate of drug-likeness (QED) is 0.571. The molecule has 5 heteroatoms. The van der Waals surface area contributed by atoms with Crippen molar-refractivity contribution in [2.75, 3.05) is 0 Å². The van der Waals surface area contributed by atoms with E-state index in [4.69, 9.17) is 4.98 Å². The molecular weight excluding hydrogens is 340 g/mol. The number of fused-ring (bicyclic) bond motifs is 1. The summed E-state index contributed by atoms with van der Waals surface area (Å²) in [7, 11) is 0. The summed E-state index contributed by atoms with van der Waals surface area (Å²) in [5.74, 6) is 0. The fraction of sp³-hybridized carbons (Fsp3) is 0.143. The summed E-state index contributed by atoms with van der Waals surface area (Å²) >= 11 is 1.73. The minimum atomic E-state index is 0.110. The maximum absolute atomic E-state index is 4.99. The molecule has 1 aromatic carbocycles. The van der Waals surface area contributed by atoms with Crippen LogP contribution in [0.2, 0.25) is 0 Å². The van der Waals surface area contributed by atoms with Gasteiger partial charge in [-0.05, 0) is 30.0 Å². The minimum absolute atomic E-state index is 0.110. The van der Waals surface area contributed by atoms with E-state index in [-0.39, 0.29) is 6.04 Å². The van der Waals surface area contributed by atoms with Crippen LogP contribution in [0.4, 0.5) is 0 Å². The summed E-state index contributed by atoms with van der Waals surface area (Å²) in [6.45, 7) is 2.11. The zero-order valence-electron chi connectivity index (χ0n) is 14.4. The van der Waals surface area contributed by atoms with Crippen LogP contribution in [-0.2, 0) is 0 Å². The van der Waals surface area contributed by atoms with Gasteiger partial charge in [0, 0.05) is 18.2 Å². The van der Waals surface area contributed by atoms with Gasteiger partial charge in [-0.15, -0.1) is 11.3 Å². The molecule has 0 amide bonds. The van der Waals surface area contributed by atoms with Gasteiger partial charge >= 0.3 is 0 Å². The van der Waals surface area contributed by atoms with Crippen molar-refractivity contribution in [1.82, 2.24) is 14.8 Å². The molecule has 3 aromatic heterocycles. The molecule has 1 N–H and O–H groups in total. The molecule has 0 saturated carbocycles. The molecule has 1 unspecified atom stereocenters. The highest BCUT2D eigenvalue weighted by Gasteiger charge is 2.28. The molecule has 1 aliphatic heterocycles. The van der Waals surface area contributed by atoms with Gasteiger partial charge in [-0.1, -0.05) is 42.5 Å². The van der Waals surface area contributed by atoms with Crippen molar-refractivity contribution >= 4 is 22.7 Å². The van der Waals surface area contributed by atoms with Crippen LogP contribution in [-0.4, -0.2) is 15.1 Å². The monoisotopic (exact) mass is 358 g/mol. The van der Waals surface area contributed by atoms with E-state index in [0.29, 0.717) is 0 Å². The zero-order chi connectivity index (χ0) is 17.5. The Morgan fingerprint density at radius 3 is 2.77 bits per heavy atom. The molecule has 1 aliphatic rings. The van der Waals surface area contributed by atoms with E-state index >= 15 is 0 Å². The fourth-order valence-corrected chi connectivity index (χ4v) is 4.29. The lowest BCUT2D eigenvalue weighted by molar-refractivity contribution is 0.599. The number of hydrogen-bond acceptors (Lipinski definition) is 4. The summed E-state index contributed by atoms with van der Waals surface area (Å²) in [6.07, 6.45) is 2.96. The predicted octanol–water partition coefficient (Wildman–Crippen LogP) is 4.81. The first-order chi connectivity index (χ1) is 12.8. The standard InChI is InChI=1S/C21H18N4S/c1-14-7-5-11-25-20(17-13-16(23-24-17)18-10-6-12-26-18)19(22-21(14)25)15-8-3-2-4-9-15/h2-12,17,24H,13H2,1H3. The summed E-state index contributed by atoms with van der Waals surface area (Å²) in [4.78, 5) is 6.22. The molecule has 128 valence electrons. The lowest BCUT2D eigenvalue weighted by atomic mass is 10.0. The van der Waals surface area contributed by atoms with Crippen LogP contribution >= 0.6 is 11.3 Å². The van der Waals surface area contributed by atoms with E-state index in [1.54, 1.807) is 11.3 Å². The molecule has 0 aliphatic carbocycles. The summed E-state index contributed by atoms with van der Waals surface area (Å²) in [6, 6.07) is 18.9. The second-order valence-corrected chi connectivity index (χ2v) is 7.47. The number of benzene rings is 1. The maximum Gasteiger partial charge on any atom is 0.140 e. The van der Waals surface area contributed by atoms with Gasteiger partial charge in [0.2, 0.25) is 0 Å². The molecule has 4 aromatic rings. The van der Waals surface area contributed by atoms with E-state index < -0.39 is 0 Å². The van der Waals surface area contributed by atoms with Gasteiger partial charge in [0.1, 0.15) is 5.65 Å². The van der Waals surface area contributed by atoms with Gasteiger partial charge in [0.15, 0.2) is 0 Å². The Morgan fingerprint density at radius 2 is 1.96 bits per heavy atom. The topological polar surface area (TPSA) is 41.7 Å². The van der Waals surface area contributed by atoms with E-state index in [2.05, 4.69) is 82.0 Å². The van der Waals surface area contributed by atoms with E-state index in [1.807, 2.05) is 6.07 Å². The Bertz CT molecular complexity index is 1090. The number of nitrogens with one attached hydrogen (secondary N) is 1. The number of rotatable bonds is 3.